The highest BCUT2D eigenvalue weighted by atomic mass is 35.5. The van der Waals surface area contributed by atoms with Crippen LogP contribution in [0.3, 0.4) is 0 Å². The molecule has 0 spiro atoms. The van der Waals surface area contributed by atoms with Crippen molar-refractivity contribution in [2.45, 2.75) is 51.2 Å². The average Bonchev–Trinajstić information content (AvgIpc) is 3.41. The SMILES string of the molecule is CC1C[C@H](N2CC(Oc3ccccc3Cl)=CC2=O)C(=O)N1C(=N)/C=C\NC[C@@H]1COC(C)(C)O1. The van der Waals surface area contributed by atoms with Crippen LogP contribution in [-0.4, -0.2) is 71.1 Å². The summed E-state index contributed by atoms with van der Waals surface area (Å²) in [6.45, 7) is 6.79. The number of amides is 2. The molecular weight excluding hydrogens is 460 g/mol. The van der Waals surface area contributed by atoms with E-state index in [0.717, 1.165) is 0 Å². The molecule has 9 nitrogen and oxygen atoms in total. The number of hydrogen-bond acceptors (Lipinski definition) is 7. The molecule has 0 aliphatic carbocycles. The van der Waals surface area contributed by atoms with Gasteiger partial charge in [-0.25, -0.2) is 0 Å². The normalized spacial score (nSPS) is 26.5. The first-order valence-electron chi connectivity index (χ1n) is 11.2. The number of amidine groups is 1. The third-order valence-electron chi connectivity index (χ3n) is 5.91. The number of nitrogens with zero attached hydrogens (tertiary/aromatic N) is 2. The van der Waals surface area contributed by atoms with E-state index in [9.17, 15) is 9.59 Å². The molecule has 0 radical (unpaired) electrons. The summed E-state index contributed by atoms with van der Waals surface area (Å²) < 4.78 is 17.0. The molecule has 182 valence electrons. The van der Waals surface area contributed by atoms with Crippen molar-refractivity contribution in [2.24, 2.45) is 0 Å². The maximum absolute atomic E-state index is 13.1. The summed E-state index contributed by atoms with van der Waals surface area (Å²) in [4.78, 5) is 28.7. The van der Waals surface area contributed by atoms with Crippen molar-refractivity contribution in [1.29, 1.82) is 5.41 Å². The summed E-state index contributed by atoms with van der Waals surface area (Å²) in [5.41, 5.74) is 0. The fraction of sp³-hybridized carbons (Fsp3) is 0.458. The van der Waals surface area contributed by atoms with Gasteiger partial charge in [-0.05, 0) is 45.4 Å². The zero-order valence-corrected chi connectivity index (χ0v) is 20.2. The lowest BCUT2D eigenvalue weighted by Gasteiger charge is -2.23. The number of likely N-dealkylation sites (tertiary alicyclic amines) is 1. The Hall–Kier alpha value is -2.88. The van der Waals surface area contributed by atoms with Crippen LogP contribution in [-0.2, 0) is 19.1 Å². The number of carbonyl (C=O) groups excluding carboxylic acids is 2. The first-order valence-corrected chi connectivity index (χ1v) is 11.6. The maximum Gasteiger partial charge on any atom is 0.251 e. The Morgan fingerprint density at radius 3 is 2.82 bits per heavy atom. The van der Waals surface area contributed by atoms with Gasteiger partial charge >= 0.3 is 0 Å². The largest absolute Gasteiger partial charge is 0.458 e. The minimum Gasteiger partial charge on any atom is -0.458 e. The molecular formula is C24H29ClN4O5. The van der Waals surface area contributed by atoms with Gasteiger partial charge in [-0.1, -0.05) is 23.7 Å². The third-order valence-corrected chi connectivity index (χ3v) is 6.22. The van der Waals surface area contributed by atoms with Gasteiger partial charge in [-0.3, -0.25) is 19.9 Å². The summed E-state index contributed by atoms with van der Waals surface area (Å²) in [5.74, 6) is -0.219. The van der Waals surface area contributed by atoms with Gasteiger partial charge in [0.05, 0.1) is 18.2 Å². The number of nitrogens with one attached hydrogen (secondary N) is 2. The number of ether oxygens (including phenoxy) is 3. The van der Waals surface area contributed by atoms with E-state index in [2.05, 4.69) is 5.32 Å². The lowest BCUT2D eigenvalue weighted by atomic mass is 10.1. The fourth-order valence-electron chi connectivity index (χ4n) is 4.31. The van der Waals surface area contributed by atoms with Crippen molar-refractivity contribution in [3.63, 3.8) is 0 Å². The van der Waals surface area contributed by atoms with Gasteiger partial charge in [-0.2, -0.15) is 0 Å². The number of carbonyl (C=O) groups is 2. The van der Waals surface area contributed by atoms with Crippen LogP contribution in [0.15, 0.2) is 48.4 Å². The standard InChI is InChI=1S/C24H29ClN4O5/c1-15-10-19(28-13-16(11-22(28)30)33-20-7-5-4-6-18(20)25)23(31)29(15)21(26)8-9-27-12-17-14-32-24(2,3)34-17/h4-9,11,15,17,19,26-27H,10,12-14H2,1-3H3/b9-8-,26-21?/t15?,17-,19+/m1/s1. The van der Waals surface area contributed by atoms with E-state index < -0.39 is 11.8 Å². The number of hydrogen-bond donors (Lipinski definition) is 2. The van der Waals surface area contributed by atoms with Crippen molar-refractivity contribution >= 4 is 29.3 Å². The summed E-state index contributed by atoms with van der Waals surface area (Å²) in [5, 5.41) is 11.9. The molecule has 1 aromatic rings. The van der Waals surface area contributed by atoms with Crippen molar-refractivity contribution < 1.29 is 23.8 Å². The van der Waals surface area contributed by atoms with E-state index in [1.807, 2.05) is 20.8 Å². The first kappa shape index (κ1) is 24.3. The van der Waals surface area contributed by atoms with Gasteiger partial charge < -0.3 is 24.4 Å². The molecule has 3 atom stereocenters. The van der Waals surface area contributed by atoms with Crippen molar-refractivity contribution in [1.82, 2.24) is 15.1 Å². The van der Waals surface area contributed by atoms with Gasteiger partial charge in [0.25, 0.3) is 11.8 Å². The Kier molecular flexibility index (Phi) is 6.97. The Bertz CT molecular complexity index is 1040. The molecule has 4 rings (SSSR count). The Morgan fingerprint density at radius 1 is 1.35 bits per heavy atom. The zero-order valence-electron chi connectivity index (χ0n) is 19.4. The molecule has 2 amide bonds. The second kappa shape index (κ2) is 9.77. The van der Waals surface area contributed by atoms with Crippen LogP contribution in [0.25, 0.3) is 0 Å². The fourth-order valence-corrected chi connectivity index (χ4v) is 4.49. The quantitative estimate of drug-likeness (QED) is 0.451. The summed E-state index contributed by atoms with van der Waals surface area (Å²) in [7, 11) is 0. The van der Waals surface area contributed by atoms with Crippen LogP contribution in [0.5, 0.6) is 5.75 Å². The summed E-state index contributed by atoms with van der Waals surface area (Å²) >= 11 is 6.14. The highest BCUT2D eigenvalue weighted by molar-refractivity contribution is 6.32. The Balaban J connectivity index is 1.31. The lowest BCUT2D eigenvalue weighted by Crippen LogP contribution is -2.44. The van der Waals surface area contributed by atoms with Crippen LogP contribution in [0.4, 0.5) is 0 Å². The topological polar surface area (TPSA) is 104 Å². The zero-order chi connectivity index (χ0) is 24.5. The molecule has 2 fully saturated rings. The smallest absolute Gasteiger partial charge is 0.251 e. The second-order valence-corrected chi connectivity index (χ2v) is 9.40. The molecule has 2 saturated heterocycles. The molecule has 10 heteroatoms. The van der Waals surface area contributed by atoms with E-state index in [1.54, 1.807) is 30.5 Å². The number of halogens is 1. The van der Waals surface area contributed by atoms with Crippen LogP contribution in [0.2, 0.25) is 5.02 Å². The van der Waals surface area contributed by atoms with Crippen LogP contribution in [0.1, 0.15) is 27.2 Å². The van der Waals surface area contributed by atoms with Crippen molar-refractivity contribution in [3.05, 3.63) is 53.4 Å². The van der Waals surface area contributed by atoms with Gasteiger partial charge in [0, 0.05) is 24.9 Å². The molecule has 1 aromatic carbocycles. The van der Waals surface area contributed by atoms with E-state index in [-0.39, 0.29) is 36.3 Å². The number of benzene rings is 1. The average molecular weight is 489 g/mol. The highest BCUT2D eigenvalue weighted by Crippen LogP contribution is 2.30. The van der Waals surface area contributed by atoms with E-state index >= 15 is 0 Å². The first-order chi connectivity index (χ1) is 16.1. The lowest BCUT2D eigenvalue weighted by molar-refractivity contribution is -0.137. The van der Waals surface area contributed by atoms with E-state index in [4.69, 9.17) is 31.2 Å². The Labute approximate surface area is 203 Å². The Morgan fingerprint density at radius 2 is 2.12 bits per heavy atom. The van der Waals surface area contributed by atoms with Crippen LogP contribution in [0, 0.1) is 5.41 Å². The third kappa shape index (κ3) is 5.27. The molecule has 0 bridgehead atoms. The predicted octanol–water partition coefficient (Wildman–Crippen LogP) is 2.67. The maximum atomic E-state index is 13.1. The van der Waals surface area contributed by atoms with E-state index in [0.29, 0.717) is 36.1 Å². The van der Waals surface area contributed by atoms with Gasteiger partial charge in [-0.15, -0.1) is 0 Å². The second-order valence-electron chi connectivity index (χ2n) is 9.00. The van der Waals surface area contributed by atoms with Crippen molar-refractivity contribution in [3.8, 4) is 5.75 Å². The van der Waals surface area contributed by atoms with E-state index in [1.165, 1.54) is 22.0 Å². The van der Waals surface area contributed by atoms with Gasteiger partial charge in [0.1, 0.15) is 29.5 Å². The summed E-state index contributed by atoms with van der Waals surface area (Å²) in [6.07, 6.45) is 4.90. The van der Waals surface area contributed by atoms with Crippen molar-refractivity contribution in [2.75, 3.05) is 19.7 Å². The molecule has 3 aliphatic heterocycles. The predicted molar refractivity (Wildman–Crippen MR) is 126 cm³/mol. The molecule has 1 unspecified atom stereocenters. The molecule has 34 heavy (non-hydrogen) atoms. The van der Waals surface area contributed by atoms with Gasteiger partial charge in [0.15, 0.2) is 5.79 Å². The molecule has 2 N–H and O–H groups in total. The number of para-hydroxylation sites is 1. The molecule has 0 saturated carbocycles. The summed E-state index contributed by atoms with van der Waals surface area (Å²) in [6, 6.07) is 6.13. The van der Waals surface area contributed by atoms with Crippen LogP contribution >= 0.6 is 11.6 Å². The highest BCUT2D eigenvalue weighted by Gasteiger charge is 2.45. The molecule has 3 heterocycles. The molecule has 0 aromatic heterocycles. The minimum absolute atomic E-state index is 0.0589. The molecule has 3 aliphatic rings. The number of rotatable bonds is 7. The van der Waals surface area contributed by atoms with Gasteiger partial charge in [0.2, 0.25) is 0 Å². The monoisotopic (exact) mass is 488 g/mol. The van der Waals surface area contributed by atoms with Crippen LogP contribution < -0.4 is 10.1 Å². The minimum atomic E-state index is -0.654.